The van der Waals surface area contributed by atoms with E-state index in [4.69, 9.17) is 17.3 Å². The van der Waals surface area contributed by atoms with Gasteiger partial charge in [-0.2, -0.15) is 11.3 Å². The second-order valence-electron chi connectivity index (χ2n) is 4.29. The van der Waals surface area contributed by atoms with Crippen molar-refractivity contribution >= 4 is 40.2 Å². The maximum Gasteiger partial charge on any atom is 0.294 e. The van der Waals surface area contributed by atoms with E-state index in [0.717, 1.165) is 11.6 Å². The van der Waals surface area contributed by atoms with Crippen LogP contribution in [0.4, 0.5) is 11.4 Å². The van der Waals surface area contributed by atoms with Crippen LogP contribution in [0.5, 0.6) is 0 Å². The highest BCUT2D eigenvalue weighted by Gasteiger charge is 2.19. The Labute approximate surface area is 129 Å². The number of nitrogen functional groups attached to an aromatic ring is 1. The minimum atomic E-state index is -0.663. The Balaban J connectivity index is 2.07. The standard InChI is InChI=1S/C13H12ClN3O3S/c14-10-5-9(6-11(12(10)15)17(19)20)13(18)16-3-1-8-2-4-21-7-8/h2,4-7H,1,3,15H2,(H,16,18). The number of carbonyl (C=O) groups excluding carboxylic acids is 1. The van der Waals surface area contributed by atoms with Crippen LogP contribution < -0.4 is 11.1 Å². The number of hydrogen-bond donors (Lipinski definition) is 2. The summed E-state index contributed by atoms with van der Waals surface area (Å²) in [6.45, 7) is 0.436. The average Bonchev–Trinajstić information content (AvgIpc) is 2.94. The van der Waals surface area contributed by atoms with Crippen molar-refractivity contribution < 1.29 is 9.72 Å². The maximum atomic E-state index is 12.0. The van der Waals surface area contributed by atoms with Gasteiger partial charge in [-0.05, 0) is 34.9 Å². The number of nitrogens with zero attached hydrogens (tertiary/aromatic N) is 1. The van der Waals surface area contributed by atoms with E-state index < -0.39 is 10.8 Å². The monoisotopic (exact) mass is 325 g/mol. The van der Waals surface area contributed by atoms with Crippen LogP contribution in [0, 0.1) is 10.1 Å². The molecule has 0 bridgehead atoms. The van der Waals surface area contributed by atoms with E-state index in [0.29, 0.717) is 13.0 Å². The molecule has 0 aliphatic rings. The van der Waals surface area contributed by atoms with Crippen molar-refractivity contribution in [1.29, 1.82) is 0 Å². The van der Waals surface area contributed by atoms with E-state index >= 15 is 0 Å². The third kappa shape index (κ3) is 3.71. The minimum Gasteiger partial charge on any atom is -0.392 e. The van der Waals surface area contributed by atoms with Gasteiger partial charge < -0.3 is 11.1 Å². The van der Waals surface area contributed by atoms with Crippen LogP contribution in [0.3, 0.4) is 0 Å². The predicted octanol–water partition coefficient (Wildman–Crippen LogP) is 2.86. The molecule has 0 fully saturated rings. The summed E-state index contributed by atoms with van der Waals surface area (Å²) >= 11 is 7.40. The third-order valence-electron chi connectivity index (χ3n) is 2.85. The van der Waals surface area contributed by atoms with Crippen LogP contribution in [-0.4, -0.2) is 17.4 Å². The largest absolute Gasteiger partial charge is 0.392 e. The molecule has 21 heavy (non-hydrogen) atoms. The van der Waals surface area contributed by atoms with Crippen molar-refractivity contribution in [3.8, 4) is 0 Å². The molecule has 0 saturated carbocycles. The van der Waals surface area contributed by atoms with Gasteiger partial charge in [-0.15, -0.1) is 0 Å². The van der Waals surface area contributed by atoms with Gasteiger partial charge in [0.05, 0.1) is 9.95 Å². The number of amides is 1. The lowest BCUT2D eigenvalue weighted by Gasteiger charge is -2.07. The Morgan fingerprint density at radius 1 is 1.48 bits per heavy atom. The molecule has 110 valence electrons. The molecule has 1 aromatic heterocycles. The van der Waals surface area contributed by atoms with Crippen molar-refractivity contribution in [3.05, 3.63) is 55.2 Å². The molecule has 0 aliphatic carbocycles. The molecule has 6 nitrogen and oxygen atoms in total. The summed E-state index contributed by atoms with van der Waals surface area (Å²) in [5, 5.41) is 17.5. The molecule has 2 aromatic rings. The average molecular weight is 326 g/mol. The van der Waals surface area contributed by atoms with E-state index in [1.54, 1.807) is 11.3 Å². The Bertz CT molecular complexity index is 674. The predicted molar refractivity (Wildman–Crippen MR) is 82.9 cm³/mol. The van der Waals surface area contributed by atoms with Gasteiger partial charge in [0.1, 0.15) is 5.69 Å². The molecule has 1 heterocycles. The van der Waals surface area contributed by atoms with Gasteiger partial charge in [0.2, 0.25) is 0 Å². The Morgan fingerprint density at radius 2 is 2.24 bits per heavy atom. The van der Waals surface area contributed by atoms with Crippen molar-refractivity contribution in [3.63, 3.8) is 0 Å². The molecule has 1 aromatic carbocycles. The molecule has 0 spiro atoms. The molecule has 3 N–H and O–H groups in total. The summed E-state index contributed by atoms with van der Waals surface area (Å²) < 4.78 is 0. The summed E-state index contributed by atoms with van der Waals surface area (Å²) in [5.74, 6) is -0.421. The number of halogens is 1. The minimum absolute atomic E-state index is 0.00724. The number of nitro benzene ring substituents is 1. The van der Waals surface area contributed by atoms with Crippen LogP contribution in [0.2, 0.25) is 5.02 Å². The lowest BCUT2D eigenvalue weighted by Crippen LogP contribution is -2.25. The van der Waals surface area contributed by atoms with Crippen LogP contribution in [-0.2, 0) is 6.42 Å². The molecule has 0 saturated heterocycles. The maximum absolute atomic E-state index is 12.0. The van der Waals surface area contributed by atoms with Gasteiger partial charge in [0.25, 0.3) is 11.6 Å². The molecule has 0 unspecified atom stereocenters. The molecule has 0 radical (unpaired) electrons. The zero-order valence-electron chi connectivity index (χ0n) is 10.8. The Hall–Kier alpha value is -2.12. The number of hydrogen-bond acceptors (Lipinski definition) is 5. The highest BCUT2D eigenvalue weighted by molar-refractivity contribution is 7.07. The van der Waals surface area contributed by atoms with Crippen molar-refractivity contribution in [2.45, 2.75) is 6.42 Å². The normalized spacial score (nSPS) is 10.3. The number of nitrogens with one attached hydrogen (secondary N) is 1. The van der Waals surface area contributed by atoms with Crippen LogP contribution >= 0.6 is 22.9 Å². The summed E-state index contributed by atoms with van der Waals surface area (Å²) in [4.78, 5) is 22.2. The quantitative estimate of drug-likeness (QED) is 0.501. The summed E-state index contributed by atoms with van der Waals surface area (Å²) in [5.41, 5.74) is 6.24. The Kier molecular flexibility index (Phi) is 4.77. The number of carbonyl (C=O) groups is 1. The molecular formula is C13H12ClN3O3S. The lowest BCUT2D eigenvalue weighted by molar-refractivity contribution is -0.383. The van der Waals surface area contributed by atoms with Gasteiger partial charge in [-0.1, -0.05) is 11.6 Å². The molecular weight excluding hydrogens is 314 g/mol. The smallest absolute Gasteiger partial charge is 0.294 e. The van der Waals surface area contributed by atoms with Gasteiger partial charge in [-0.3, -0.25) is 14.9 Å². The molecule has 8 heteroatoms. The van der Waals surface area contributed by atoms with E-state index in [1.165, 1.54) is 6.07 Å². The number of anilines is 1. The number of benzene rings is 1. The number of rotatable bonds is 5. The first-order valence-corrected chi connectivity index (χ1v) is 7.34. The van der Waals surface area contributed by atoms with Gasteiger partial charge >= 0.3 is 0 Å². The highest BCUT2D eigenvalue weighted by Crippen LogP contribution is 2.30. The molecule has 0 aliphatic heterocycles. The fraction of sp³-hybridized carbons (Fsp3) is 0.154. The van der Waals surface area contributed by atoms with E-state index in [9.17, 15) is 14.9 Å². The number of thiophene rings is 1. The van der Waals surface area contributed by atoms with Crippen molar-refractivity contribution in [2.75, 3.05) is 12.3 Å². The fourth-order valence-corrected chi connectivity index (χ4v) is 2.66. The van der Waals surface area contributed by atoms with Crippen LogP contribution in [0.1, 0.15) is 15.9 Å². The second-order valence-corrected chi connectivity index (χ2v) is 5.47. The summed E-state index contributed by atoms with van der Waals surface area (Å²) in [6.07, 6.45) is 0.694. The lowest BCUT2D eigenvalue weighted by atomic mass is 10.1. The number of nitrogens with two attached hydrogens (primary N) is 1. The first-order chi connectivity index (χ1) is 9.99. The molecule has 0 atom stereocenters. The first-order valence-electron chi connectivity index (χ1n) is 6.01. The zero-order valence-corrected chi connectivity index (χ0v) is 12.4. The Morgan fingerprint density at radius 3 is 2.86 bits per heavy atom. The highest BCUT2D eigenvalue weighted by atomic mass is 35.5. The SMILES string of the molecule is Nc1c(Cl)cc(C(=O)NCCc2ccsc2)cc1[N+](=O)[O-]. The third-order valence-corrected chi connectivity index (χ3v) is 3.89. The fourth-order valence-electron chi connectivity index (χ4n) is 1.74. The van der Waals surface area contributed by atoms with Crippen LogP contribution in [0.25, 0.3) is 0 Å². The van der Waals surface area contributed by atoms with Gasteiger partial charge in [0, 0.05) is 18.2 Å². The number of nitro groups is 1. The van der Waals surface area contributed by atoms with Gasteiger partial charge in [0.15, 0.2) is 0 Å². The second kappa shape index (κ2) is 6.55. The molecule has 1 amide bonds. The van der Waals surface area contributed by atoms with E-state index in [-0.39, 0.29) is 22.0 Å². The van der Waals surface area contributed by atoms with Gasteiger partial charge in [-0.25, -0.2) is 0 Å². The summed E-state index contributed by atoms with van der Waals surface area (Å²) in [6, 6.07) is 4.42. The first kappa shape index (κ1) is 15.3. The topological polar surface area (TPSA) is 98.3 Å². The van der Waals surface area contributed by atoms with E-state index in [1.807, 2.05) is 16.8 Å². The summed E-state index contributed by atoms with van der Waals surface area (Å²) in [7, 11) is 0. The van der Waals surface area contributed by atoms with E-state index in [2.05, 4.69) is 5.32 Å². The zero-order chi connectivity index (χ0) is 15.4. The van der Waals surface area contributed by atoms with Crippen molar-refractivity contribution in [2.24, 2.45) is 0 Å². The van der Waals surface area contributed by atoms with Crippen molar-refractivity contribution in [1.82, 2.24) is 5.32 Å². The molecule has 2 rings (SSSR count). The van der Waals surface area contributed by atoms with Crippen LogP contribution in [0.15, 0.2) is 29.0 Å².